The number of aliphatic hydroxyl groups is 1. The lowest BCUT2D eigenvalue weighted by atomic mass is 10.0. The van der Waals surface area contributed by atoms with E-state index in [1.807, 2.05) is 25.1 Å². The second kappa shape index (κ2) is 6.72. The molecule has 1 saturated heterocycles. The van der Waals surface area contributed by atoms with Gasteiger partial charge < -0.3 is 10.0 Å². The van der Waals surface area contributed by atoms with Crippen molar-refractivity contribution >= 4 is 5.91 Å². The number of rotatable bonds is 4. The molecule has 4 rings (SSSR count). The maximum Gasteiger partial charge on any atom is 0.253 e. The Kier molecular flexibility index (Phi) is 4.26. The molecule has 26 heavy (non-hydrogen) atoms. The highest BCUT2D eigenvalue weighted by Crippen LogP contribution is 2.23. The maximum atomic E-state index is 12.8. The molecule has 3 aromatic rings. The van der Waals surface area contributed by atoms with E-state index in [1.165, 1.54) is 0 Å². The summed E-state index contributed by atoms with van der Waals surface area (Å²) in [6.45, 7) is 2.82. The first-order chi connectivity index (χ1) is 12.6. The number of hydrogen-bond donors (Lipinski definition) is 2. The van der Waals surface area contributed by atoms with Crippen LogP contribution in [0.2, 0.25) is 0 Å². The van der Waals surface area contributed by atoms with Gasteiger partial charge in [-0.05, 0) is 43.7 Å². The maximum absolute atomic E-state index is 12.8. The number of β-amino-alcohol motifs (C(OH)–C–C–N with tert-alkyl or cyclic N) is 1. The number of nitrogens with zero attached hydrogens (tertiary/aromatic N) is 5. The van der Waals surface area contributed by atoms with Gasteiger partial charge in [0.1, 0.15) is 12.7 Å². The molecule has 3 heterocycles. The summed E-state index contributed by atoms with van der Waals surface area (Å²) < 4.78 is 1.77. The van der Waals surface area contributed by atoms with E-state index in [4.69, 9.17) is 0 Å². The summed E-state index contributed by atoms with van der Waals surface area (Å²) >= 11 is 0. The Hall–Kier alpha value is -3.00. The van der Waals surface area contributed by atoms with Crippen LogP contribution < -0.4 is 0 Å². The van der Waals surface area contributed by atoms with Gasteiger partial charge in [0.15, 0.2) is 0 Å². The van der Waals surface area contributed by atoms with Crippen LogP contribution in [0.3, 0.4) is 0 Å². The first kappa shape index (κ1) is 16.5. The number of amides is 1. The third-order valence-corrected chi connectivity index (χ3v) is 4.76. The van der Waals surface area contributed by atoms with Crippen molar-refractivity contribution in [1.82, 2.24) is 29.9 Å². The van der Waals surface area contributed by atoms with E-state index < -0.39 is 6.10 Å². The first-order valence-electron chi connectivity index (χ1n) is 8.53. The SMILES string of the molecule is Cc1cc(CC2CN(C(=O)c3ccc(-n4cnnc4)cc3)CC2O)n[nH]1. The predicted octanol–water partition coefficient (Wildman–Crippen LogP) is 0.974. The van der Waals surface area contributed by atoms with Crippen molar-refractivity contribution in [3.05, 3.63) is 59.9 Å². The van der Waals surface area contributed by atoms with Crippen LogP contribution >= 0.6 is 0 Å². The molecule has 1 aromatic carbocycles. The fourth-order valence-corrected chi connectivity index (χ4v) is 3.36. The molecular formula is C18H20N6O2. The average Bonchev–Trinajstić information content (AvgIpc) is 3.38. The van der Waals surface area contributed by atoms with Crippen molar-refractivity contribution in [1.29, 1.82) is 0 Å². The molecule has 1 amide bonds. The molecule has 2 N–H and O–H groups in total. The molecule has 0 saturated carbocycles. The summed E-state index contributed by atoms with van der Waals surface area (Å²) in [4.78, 5) is 14.5. The molecule has 0 bridgehead atoms. The van der Waals surface area contributed by atoms with Gasteiger partial charge in [-0.25, -0.2) is 0 Å². The summed E-state index contributed by atoms with van der Waals surface area (Å²) in [6, 6.07) is 9.25. The van der Waals surface area contributed by atoms with E-state index in [9.17, 15) is 9.90 Å². The smallest absolute Gasteiger partial charge is 0.253 e. The number of aromatic amines is 1. The second-order valence-corrected chi connectivity index (χ2v) is 6.70. The summed E-state index contributed by atoms with van der Waals surface area (Å²) in [7, 11) is 0. The highest BCUT2D eigenvalue weighted by Gasteiger charge is 2.34. The lowest BCUT2D eigenvalue weighted by Gasteiger charge is -2.16. The molecule has 8 nitrogen and oxygen atoms in total. The number of nitrogens with one attached hydrogen (secondary N) is 1. The monoisotopic (exact) mass is 352 g/mol. The Bertz CT molecular complexity index is 887. The van der Waals surface area contributed by atoms with Crippen LogP contribution in [0.25, 0.3) is 5.69 Å². The van der Waals surface area contributed by atoms with Gasteiger partial charge >= 0.3 is 0 Å². The normalized spacial score (nSPS) is 19.8. The highest BCUT2D eigenvalue weighted by molar-refractivity contribution is 5.94. The number of aromatic nitrogens is 5. The molecule has 8 heteroatoms. The number of hydrogen-bond acceptors (Lipinski definition) is 5. The van der Waals surface area contributed by atoms with Gasteiger partial charge in [0, 0.05) is 36.0 Å². The van der Waals surface area contributed by atoms with E-state index in [1.54, 1.807) is 34.3 Å². The number of likely N-dealkylation sites (tertiary alicyclic amines) is 1. The van der Waals surface area contributed by atoms with Crippen LogP contribution in [0, 0.1) is 12.8 Å². The highest BCUT2D eigenvalue weighted by atomic mass is 16.3. The van der Waals surface area contributed by atoms with Crippen LogP contribution in [0.4, 0.5) is 0 Å². The number of aliphatic hydroxyl groups excluding tert-OH is 1. The molecule has 134 valence electrons. The molecule has 0 spiro atoms. The van der Waals surface area contributed by atoms with Crippen LogP contribution in [-0.2, 0) is 6.42 Å². The average molecular weight is 352 g/mol. The molecule has 2 unspecified atom stereocenters. The number of carbonyl (C=O) groups excluding carboxylic acids is 1. The molecule has 2 atom stereocenters. The van der Waals surface area contributed by atoms with Crippen molar-refractivity contribution in [2.75, 3.05) is 13.1 Å². The standard InChI is InChI=1S/C18H20N6O2/c1-12-6-15(22-21-12)7-14-8-23(9-17(14)25)18(26)13-2-4-16(5-3-13)24-10-19-20-11-24/h2-6,10-11,14,17,25H,7-9H2,1H3,(H,21,22). The van der Waals surface area contributed by atoms with E-state index in [2.05, 4.69) is 20.4 Å². The molecular weight excluding hydrogens is 332 g/mol. The number of carbonyl (C=O) groups is 1. The van der Waals surface area contributed by atoms with Gasteiger partial charge in [0.25, 0.3) is 5.91 Å². The number of aryl methyl sites for hydroxylation is 1. The second-order valence-electron chi connectivity index (χ2n) is 6.70. The van der Waals surface area contributed by atoms with Crippen molar-refractivity contribution in [3.8, 4) is 5.69 Å². The lowest BCUT2D eigenvalue weighted by Crippen LogP contribution is -2.29. The topological polar surface area (TPSA) is 99.9 Å². The fourth-order valence-electron chi connectivity index (χ4n) is 3.36. The van der Waals surface area contributed by atoms with Gasteiger partial charge in [0.05, 0.1) is 11.8 Å². The molecule has 2 aromatic heterocycles. The van der Waals surface area contributed by atoms with Gasteiger partial charge in [-0.3, -0.25) is 14.5 Å². The number of benzene rings is 1. The molecule has 1 aliphatic heterocycles. The molecule has 1 aliphatic rings. The summed E-state index contributed by atoms with van der Waals surface area (Å²) in [5, 5.41) is 25.0. The molecule has 0 aliphatic carbocycles. The zero-order valence-corrected chi connectivity index (χ0v) is 14.4. The first-order valence-corrected chi connectivity index (χ1v) is 8.53. The molecule has 0 radical (unpaired) electrons. The van der Waals surface area contributed by atoms with Crippen LogP contribution in [-0.4, -0.2) is 60.1 Å². The summed E-state index contributed by atoms with van der Waals surface area (Å²) in [5.74, 6) is -0.0713. The lowest BCUT2D eigenvalue weighted by molar-refractivity contribution is 0.0764. The quantitative estimate of drug-likeness (QED) is 0.729. The van der Waals surface area contributed by atoms with E-state index in [-0.39, 0.29) is 11.8 Å². The van der Waals surface area contributed by atoms with Gasteiger partial charge in [-0.15, -0.1) is 10.2 Å². The minimum Gasteiger partial charge on any atom is -0.391 e. The Morgan fingerprint density at radius 3 is 2.62 bits per heavy atom. The molecule has 1 fully saturated rings. The van der Waals surface area contributed by atoms with E-state index in [0.29, 0.717) is 25.1 Å². The minimum absolute atomic E-state index is 0.00190. The van der Waals surface area contributed by atoms with E-state index >= 15 is 0 Å². The van der Waals surface area contributed by atoms with Crippen LogP contribution in [0.1, 0.15) is 21.7 Å². The van der Waals surface area contributed by atoms with Crippen molar-refractivity contribution in [2.24, 2.45) is 5.92 Å². The van der Waals surface area contributed by atoms with Gasteiger partial charge in [-0.2, -0.15) is 5.10 Å². The zero-order chi connectivity index (χ0) is 18.1. The van der Waals surface area contributed by atoms with E-state index in [0.717, 1.165) is 17.1 Å². The van der Waals surface area contributed by atoms with Crippen molar-refractivity contribution in [2.45, 2.75) is 19.4 Å². The third kappa shape index (κ3) is 3.23. The Morgan fingerprint density at radius 2 is 1.96 bits per heavy atom. The largest absolute Gasteiger partial charge is 0.391 e. The van der Waals surface area contributed by atoms with Crippen molar-refractivity contribution in [3.63, 3.8) is 0 Å². The summed E-state index contributed by atoms with van der Waals surface area (Å²) in [6.07, 6.45) is 3.33. The summed E-state index contributed by atoms with van der Waals surface area (Å²) in [5.41, 5.74) is 3.40. The van der Waals surface area contributed by atoms with Crippen LogP contribution in [0.15, 0.2) is 43.0 Å². The van der Waals surface area contributed by atoms with Gasteiger partial charge in [-0.1, -0.05) is 0 Å². The fraction of sp³-hybridized carbons (Fsp3) is 0.333. The van der Waals surface area contributed by atoms with Crippen LogP contribution in [0.5, 0.6) is 0 Å². The zero-order valence-electron chi connectivity index (χ0n) is 14.4. The number of H-pyrrole nitrogens is 1. The third-order valence-electron chi connectivity index (χ3n) is 4.76. The Balaban J connectivity index is 1.43. The van der Waals surface area contributed by atoms with Gasteiger partial charge in [0.2, 0.25) is 0 Å². The van der Waals surface area contributed by atoms with Crippen molar-refractivity contribution < 1.29 is 9.90 Å². The predicted molar refractivity (Wildman–Crippen MR) is 93.8 cm³/mol. The Labute approximate surface area is 150 Å². The Morgan fingerprint density at radius 1 is 1.23 bits per heavy atom. The minimum atomic E-state index is -0.535.